The number of carbonyl (C=O) groups excluding carboxylic acids is 2. The lowest BCUT2D eigenvalue weighted by Crippen LogP contribution is -2.44. The van der Waals surface area contributed by atoms with Crippen LogP contribution in [0.4, 0.5) is 17.6 Å². The van der Waals surface area contributed by atoms with Crippen LogP contribution in [0.25, 0.3) is 0 Å². The number of halogens is 4. The zero-order valence-corrected chi connectivity index (χ0v) is 10.8. The molecule has 2 N–H and O–H groups in total. The molecule has 21 heavy (non-hydrogen) atoms. The summed E-state index contributed by atoms with van der Waals surface area (Å²) in [6.07, 6.45) is -4.09. The Bertz CT molecular complexity index is 586. The molecule has 0 saturated carbocycles. The summed E-state index contributed by atoms with van der Waals surface area (Å²) in [6.45, 7) is 0.155. The van der Waals surface area contributed by atoms with Gasteiger partial charge in [-0.15, -0.1) is 0 Å². The largest absolute Gasteiger partial charge is 0.419 e. The van der Waals surface area contributed by atoms with Crippen LogP contribution in [0.5, 0.6) is 0 Å². The fourth-order valence-electron chi connectivity index (χ4n) is 2.38. The van der Waals surface area contributed by atoms with Gasteiger partial charge in [-0.2, -0.15) is 13.2 Å². The molecular weight excluding hydrogens is 292 g/mol. The van der Waals surface area contributed by atoms with Crippen molar-refractivity contribution in [3.8, 4) is 0 Å². The molecule has 2 amide bonds. The van der Waals surface area contributed by atoms with Crippen LogP contribution >= 0.6 is 0 Å². The molecule has 8 heteroatoms. The highest BCUT2D eigenvalue weighted by Gasteiger charge is 2.38. The minimum atomic E-state index is -4.89. The second-order valence-corrected chi connectivity index (χ2v) is 4.72. The molecule has 0 bridgehead atoms. The summed E-state index contributed by atoms with van der Waals surface area (Å²) in [7, 11) is 0. The Kier molecular flexibility index (Phi) is 3.89. The zero-order valence-electron chi connectivity index (χ0n) is 10.8. The topological polar surface area (TPSA) is 63.4 Å². The van der Waals surface area contributed by atoms with E-state index in [4.69, 9.17) is 5.73 Å². The molecule has 0 spiro atoms. The molecule has 1 heterocycles. The molecule has 1 aromatic rings. The van der Waals surface area contributed by atoms with Crippen LogP contribution in [0.3, 0.4) is 0 Å². The maximum atomic E-state index is 13.9. The number of benzene rings is 1. The Morgan fingerprint density at radius 2 is 1.95 bits per heavy atom. The van der Waals surface area contributed by atoms with Gasteiger partial charge in [0, 0.05) is 6.54 Å². The predicted molar refractivity (Wildman–Crippen MR) is 64.7 cm³/mol. The number of nitrogens with two attached hydrogens (primary N) is 1. The smallest absolute Gasteiger partial charge is 0.368 e. The Hall–Kier alpha value is -2.12. The summed E-state index contributed by atoms with van der Waals surface area (Å²) in [5.74, 6) is -3.35. The highest BCUT2D eigenvalue weighted by Crippen LogP contribution is 2.33. The Morgan fingerprint density at radius 1 is 1.29 bits per heavy atom. The number of carbonyl (C=O) groups is 2. The molecule has 1 aliphatic heterocycles. The normalized spacial score (nSPS) is 18.9. The first kappa shape index (κ1) is 15.3. The van der Waals surface area contributed by atoms with E-state index in [1.165, 1.54) is 0 Å². The summed E-state index contributed by atoms with van der Waals surface area (Å²) in [6, 6.07) is 1.56. The molecule has 2 rings (SSSR count). The Morgan fingerprint density at radius 3 is 2.52 bits per heavy atom. The summed E-state index contributed by atoms with van der Waals surface area (Å²) < 4.78 is 51.8. The first-order valence-electron chi connectivity index (χ1n) is 6.19. The predicted octanol–water partition coefficient (Wildman–Crippen LogP) is 1.93. The number of hydrogen-bond acceptors (Lipinski definition) is 2. The summed E-state index contributed by atoms with van der Waals surface area (Å²) in [4.78, 5) is 24.4. The highest BCUT2D eigenvalue weighted by atomic mass is 19.4. The lowest BCUT2D eigenvalue weighted by atomic mass is 10.1. The SMILES string of the molecule is NC(=O)C1CCCN1C(=O)c1cccc(C(F)(F)F)c1F. The van der Waals surface area contributed by atoms with Crippen molar-refractivity contribution < 1.29 is 27.2 Å². The van der Waals surface area contributed by atoms with Crippen LogP contribution in [0.15, 0.2) is 18.2 Å². The Balaban J connectivity index is 2.38. The molecule has 1 atom stereocenters. The van der Waals surface area contributed by atoms with Crippen LogP contribution in [0.1, 0.15) is 28.8 Å². The molecule has 1 aliphatic rings. The van der Waals surface area contributed by atoms with Crippen LogP contribution in [-0.2, 0) is 11.0 Å². The average molecular weight is 304 g/mol. The van der Waals surface area contributed by atoms with Crippen molar-refractivity contribution in [2.75, 3.05) is 6.54 Å². The monoisotopic (exact) mass is 304 g/mol. The number of primary amides is 1. The molecule has 0 aliphatic carbocycles. The minimum Gasteiger partial charge on any atom is -0.368 e. The Labute approximate surface area is 117 Å². The number of nitrogens with zero attached hydrogens (tertiary/aromatic N) is 1. The number of hydrogen-bond donors (Lipinski definition) is 1. The fourth-order valence-corrected chi connectivity index (χ4v) is 2.38. The van der Waals surface area contributed by atoms with Gasteiger partial charge in [-0.1, -0.05) is 6.07 Å². The standard InChI is InChI=1S/C13H12F4N2O2/c14-10-7(3-1-4-8(10)13(15,16)17)12(21)19-6-2-5-9(19)11(18)20/h1,3-4,9H,2,5-6H2,(H2,18,20). The molecule has 1 unspecified atom stereocenters. The van der Waals surface area contributed by atoms with Gasteiger partial charge in [0.1, 0.15) is 11.9 Å². The maximum absolute atomic E-state index is 13.9. The molecule has 0 aromatic heterocycles. The van der Waals surface area contributed by atoms with Crippen LogP contribution < -0.4 is 5.73 Å². The zero-order chi connectivity index (χ0) is 15.8. The molecule has 114 valence electrons. The van der Waals surface area contributed by atoms with Gasteiger partial charge >= 0.3 is 6.18 Å². The van der Waals surface area contributed by atoms with Crippen molar-refractivity contribution in [3.63, 3.8) is 0 Å². The van der Waals surface area contributed by atoms with E-state index < -0.39 is 41.0 Å². The average Bonchev–Trinajstić information content (AvgIpc) is 2.86. The number of rotatable bonds is 2. The van der Waals surface area contributed by atoms with Crippen molar-refractivity contribution in [2.24, 2.45) is 5.73 Å². The lowest BCUT2D eigenvalue weighted by Gasteiger charge is -2.23. The third-order valence-corrected chi connectivity index (χ3v) is 3.38. The van der Waals surface area contributed by atoms with Gasteiger partial charge in [-0.3, -0.25) is 9.59 Å². The van der Waals surface area contributed by atoms with Gasteiger partial charge in [-0.25, -0.2) is 4.39 Å². The van der Waals surface area contributed by atoms with Gasteiger partial charge in [0.2, 0.25) is 5.91 Å². The highest BCUT2D eigenvalue weighted by molar-refractivity contribution is 5.98. The van der Waals surface area contributed by atoms with Crippen molar-refractivity contribution in [1.29, 1.82) is 0 Å². The van der Waals surface area contributed by atoms with E-state index in [0.717, 1.165) is 17.0 Å². The van der Waals surface area contributed by atoms with Crippen molar-refractivity contribution in [2.45, 2.75) is 25.1 Å². The van der Waals surface area contributed by atoms with E-state index in [9.17, 15) is 27.2 Å². The maximum Gasteiger partial charge on any atom is 0.419 e. The molecule has 1 saturated heterocycles. The van der Waals surface area contributed by atoms with Crippen molar-refractivity contribution in [3.05, 3.63) is 35.1 Å². The third-order valence-electron chi connectivity index (χ3n) is 3.38. The minimum absolute atomic E-state index is 0.155. The van der Waals surface area contributed by atoms with Gasteiger partial charge in [-0.05, 0) is 25.0 Å². The van der Waals surface area contributed by atoms with Gasteiger partial charge < -0.3 is 10.6 Å². The number of likely N-dealkylation sites (tertiary alicyclic amines) is 1. The molecular formula is C13H12F4N2O2. The molecule has 0 radical (unpaired) electrons. The van der Waals surface area contributed by atoms with E-state index in [0.29, 0.717) is 18.9 Å². The lowest BCUT2D eigenvalue weighted by molar-refractivity contribution is -0.140. The van der Waals surface area contributed by atoms with Crippen molar-refractivity contribution in [1.82, 2.24) is 4.90 Å². The van der Waals surface area contributed by atoms with Gasteiger partial charge in [0.05, 0.1) is 11.1 Å². The van der Waals surface area contributed by atoms with E-state index in [2.05, 4.69) is 0 Å². The number of alkyl halides is 3. The van der Waals surface area contributed by atoms with E-state index >= 15 is 0 Å². The first-order valence-corrected chi connectivity index (χ1v) is 6.19. The summed E-state index contributed by atoms with van der Waals surface area (Å²) >= 11 is 0. The van der Waals surface area contributed by atoms with Crippen molar-refractivity contribution >= 4 is 11.8 Å². The molecule has 4 nitrogen and oxygen atoms in total. The second-order valence-electron chi connectivity index (χ2n) is 4.72. The quantitative estimate of drug-likeness (QED) is 0.849. The van der Waals surface area contributed by atoms with Crippen LogP contribution in [0, 0.1) is 5.82 Å². The second kappa shape index (κ2) is 5.34. The number of amides is 2. The fraction of sp³-hybridized carbons (Fsp3) is 0.385. The van der Waals surface area contributed by atoms with Crippen LogP contribution in [-0.4, -0.2) is 29.3 Å². The van der Waals surface area contributed by atoms with E-state index in [-0.39, 0.29) is 6.54 Å². The molecule has 1 fully saturated rings. The summed E-state index contributed by atoms with van der Waals surface area (Å²) in [5.41, 5.74) is 2.91. The van der Waals surface area contributed by atoms with E-state index in [1.54, 1.807) is 0 Å². The summed E-state index contributed by atoms with van der Waals surface area (Å²) in [5, 5.41) is 0. The van der Waals surface area contributed by atoms with Gasteiger partial charge in [0.25, 0.3) is 5.91 Å². The third kappa shape index (κ3) is 2.84. The molecule has 1 aromatic carbocycles. The first-order chi connectivity index (χ1) is 9.73. The van der Waals surface area contributed by atoms with Crippen LogP contribution in [0.2, 0.25) is 0 Å². The van der Waals surface area contributed by atoms with Gasteiger partial charge in [0.15, 0.2) is 0 Å². The van der Waals surface area contributed by atoms with E-state index in [1.807, 2.05) is 0 Å².